The molecule has 2 aromatic rings. The number of imide groups is 1. The molecule has 2 aromatic carbocycles. The number of likely N-dealkylation sites (tertiary alicyclic amines) is 1. The maximum absolute atomic E-state index is 12.8. The highest BCUT2D eigenvalue weighted by molar-refractivity contribution is 6.21. The number of carbonyl (C=O) groups excluding carboxylic acids is 4. The van der Waals surface area contributed by atoms with Crippen molar-refractivity contribution < 1.29 is 19.2 Å². The first-order chi connectivity index (χ1) is 15.8. The zero-order valence-corrected chi connectivity index (χ0v) is 19.0. The van der Waals surface area contributed by atoms with Gasteiger partial charge >= 0.3 is 0 Å². The molecule has 2 aliphatic rings. The molecule has 7 nitrogen and oxygen atoms in total. The van der Waals surface area contributed by atoms with Crippen LogP contribution >= 0.6 is 0 Å². The van der Waals surface area contributed by atoms with E-state index in [4.69, 9.17) is 0 Å². The van der Waals surface area contributed by atoms with Gasteiger partial charge in [0, 0.05) is 37.7 Å². The molecule has 4 rings (SSSR count). The van der Waals surface area contributed by atoms with Crippen LogP contribution in [-0.4, -0.2) is 59.1 Å². The molecular weight excluding hydrogens is 418 g/mol. The molecule has 4 amide bonds. The Kier molecular flexibility index (Phi) is 6.58. The molecule has 2 heterocycles. The monoisotopic (exact) mass is 447 g/mol. The quantitative estimate of drug-likeness (QED) is 0.689. The van der Waals surface area contributed by atoms with E-state index >= 15 is 0 Å². The van der Waals surface area contributed by atoms with Crippen molar-refractivity contribution in [2.45, 2.75) is 45.1 Å². The number of nitrogens with one attached hydrogen (secondary N) is 1. The van der Waals surface area contributed by atoms with Crippen molar-refractivity contribution in [1.82, 2.24) is 15.1 Å². The Balaban J connectivity index is 1.23. The van der Waals surface area contributed by atoms with E-state index in [2.05, 4.69) is 19.2 Å². The van der Waals surface area contributed by atoms with Crippen LogP contribution in [0.3, 0.4) is 0 Å². The number of benzene rings is 2. The number of nitrogens with zero attached hydrogens (tertiary/aromatic N) is 2. The Labute approximate surface area is 193 Å². The molecule has 0 bridgehead atoms. The second-order valence-electron chi connectivity index (χ2n) is 8.97. The first-order valence-electron chi connectivity index (χ1n) is 11.5. The van der Waals surface area contributed by atoms with E-state index in [0.717, 1.165) is 4.90 Å². The molecule has 0 aliphatic carbocycles. The maximum Gasteiger partial charge on any atom is 0.261 e. The van der Waals surface area contributed by atoms with Gasteiger partial charge < -0.3 is 10.2 Å². The highest BCUT2D eigenvalue weighted by Crippen LogP contribution is 2.22. The zero-order chi connectivity index (χ0) is 23.5. The minimum atomic E-state index is -0.350. The molecule has 2 aliphatic heterocycles. The normalized spacial score (nSPS) is 16.3. The topological polar surface area (TPSA) is 86.8 Å². The molecule has 0 unspecified atom stereocenters. The standard InChI is InChI=1S/C26H29N3O4/c1-17(2)18-7-9-19(10-8-18)24(31)28-14-11-20(12-15-28)27-23(30)13-16-29-25(32)21-5-3-4-6-22(21)26(29)33/h3-10,17,20H,11-16H2,1-2H3,(H,27,30). The number of hydrogen-bond donors (Lipinski definition) is 1. The van der Waals surface area contributed by atoms with Gasteiger partial charge in [-0.1, -0.05) is 38.1 Å². The third-order valence-electron chi connectivity index (χ3n) is 6.41. The molecule has 0 atom stereocenters. The number of fused-ring (bicyclic) bond motifs is 1. The van der Waals surface area contributed by atoms with E-state index in [-0.39, 0.29) is 42.6 Å². The predicted octanol–water partition coefficient (Wildman–Crippen LogP) is 3.22. The molecule has 33 heavy (non-hydrogen) atoms. The van der Waals surface area contributed by atoms with E-state index < -0.39 is 0 Å². The Morgan fingerprint density at radius 3 is 2.06 bits per heavy atom. The lowest BCUT2D eigenvalue weighted by Crippen LogP contribution is -2.47. The van der Waals surface area contributed by atoms with E-state index in [1.165, 1.54) is 5.56 Å². The van der Waals surface area contributed by atoms with Crippen LogP contribution < -0.4 is 5.32 Å². The number of carbonyl (C=O) groups is 4. The maximum atomic E-state index is 12.8. The second kappa shape index (κ2) is 9.57. The molecule has 1 saturated heterocycles. The van der Waals surface area contributed by atoms with E-state index in [1.54, 1.807) is 24.3 Å². The van der Waals surface area contributed by atoms with Gasteiger partial charge in [0.15, 0.2) is 0 Å². The SMILES string of the molecule is CC(C)c1ccc(C(=O)N2CCC(NC(=O)CCN3C(=O)c4ccccc4C3=O)CC2)cc1. The fourth-order valence-corrected chi connectivity index (χ4v) is 4.38. The summed E-state index contributed by atoms with van der Waals surface area (Å²) in [5, 5.41) is 2.99. The van der Waals surface area contributed by atoms with Crippen molar-refractivity contribution in [1.29, 1.82) is 0 Å². The van der Waals surface area contributed by atoms with Crippen LogP contribution in [0, 0.1) is 0 Å². The molecule has 7 heteroatoms. The number of hydrogen-bond acceptors (Lipinski definition) is 4. The van der Waals surface area contributed by atoms with Gasteiger partial charge in [-0.2, -0.15) is 0 Å². The minimum absolute atomic E-state index is 0.0145. The first-order valence-corrected chi connectivity index (χ1v) is 11.5. The predicted molar refractivity (Wildman–Crippen MR) is 124 cm³/mol. The zero-order valence-electron chi connectivity index (χ0n) is 19.0. The van der Waals surface area contributed by atoms with Crippen LogP contribution in [0.15, 0.2) is 48.5 Å². The molecule has 172 valence electrons. The summed E-state index contributed by atoms with van der Waals surface area (Å²) < 4.78 is 0. The highest BCUT2D eigenvalue weighted by atomic mass is 16.2. The third-order valence-corrected chi connectivity index (χ3v) is 6.41. The Morgan fingerprint density at radius 2 is 1.52 bits per heavy atom. The van der Waals surface area contributed by atoms with E-state index in [1.807, 2.05) is 29.2 Å². The van der Waals surface area contributed by atoms with Gasteiger partial charge in [-0.15, -0.1) is 0 Å². The third kappa shape index (κ3) is 4.82. The molecule has 1 fully saturated rings. The van der Waals surface area contributed by atoms with Gasteiger partial charge in [0.2, 0.25) is 5.91 Å². The van der Waals surface area contributed by atoms with Gasteiger partial charge in [0.1, 0.15) is 0 Å². The number of rotatable bonds is 6. The van der Waals surface area contributed by atoms with Crippen LogP contribution in [0.1, 0.15) is 75.7 Å². The van der Waals surface area contributed by atoms with Gasteiger partial charge in [-0.3, -0.25) is 24.1 Å². The Hall–Kier alpha value is -3.48. The van der Waals surface area contributed by atoms with E-state index in [9.17, 15) is 19.2 Å². The average molecular weight is 448 g/mol. The van der Waals surface area contributed by atoms with Crippen LogP contribution in [0.25, 0.3) is 0 Å². The molecule has 0 radical (unpaired) electrons. The summed E-state index contributed by atoms with van der Waals surface area (Å²) in [5.41, 5.74) is 2.66. The molecule has 0 spiro atoms. The summed E-state index contributed by atoms with van der Waals surface area (Å²) >= 11 is 0. The first kappa shape index (κ1) is 22.7. The fraction of sp³-hybridized carbons (Fsp3) is 0.385. The van der Waals surface area contributed by atoms with Gasteiger partial charge in [-0.25, -0.2) is 0 Å². The highest BCUT2D eigenvalue weighted by Gasteiger charge is 2.35. The molecule has 1 N–H and O–H groups in total. The summed E-state index contributed by atoms with van der Waals surface area (Å²) in [5.74, 6) is -0.458. The van der Waals surface area contributed by atoms with Crippen LogP contribution in [0.2, 0.25) is 0 Å². The van der Waals surface area contributed by atoms with Crippen molar-refractivity contribution in [2.75, 3.05) is 19.6 Å². The average Bonchev–Trinajstić information content (AvgIpc) is 3.07. The lowest BCUT2D eigenvalue weighted by molar-refractivity contribution is -0.122. The van der Waals surface area contributed by atoms with Crippen molar-refractivity contribution in [2.24, 2.45) is 0 Å². The summed E-state index contributed by atoms with van der Waals surface area (Å²) in [4.78, 5) is 53.0. The van der Waals surface area contributed by atoms with Crippen molar-refractivity contribution in [3.63, 3.8) is 0 Å². The molecule has 0 saturated carbocycles. The van der Waals surface area contributed by atoms with Crippen LogP contribution in [-0.2, 0) is 4.79 Å². The van der Waals surface area contributed by atoms with Crippen LogP contribution in [0.5, 0.6) is 0 Å². The van der Waals surface area contributed by atoms with Crippen molar-refractivity contribution >= 4 is 23.6 Å². The summed E-state index contributed by atoms with van der Waals surface area (Å²) in [6.45, 7) is 5.45. The second-order valence-corrected chi connectivity index (χ2v) is 8.97. The van der Waals surface area contributed by atoms with E-state index in [0.29, 0.717) is 48.5 Å². The summed E-state index contributed by atoms with van der Waals surface area (Å²) in [6.07, 6.45) is 1.41. The lowest BCUT2D eigenvalue weighted by atomic mass is 10.0. The fourth-order valence-electron chi connectivity index (χ4n) is 4.38. The largest absolute Gasteiger partial charge is 0.353 e. The van der Waals surface area contributed by atoms with Crippen LogP contribution in [0.4, 0.5) is 0 Å². The summed E-state index contributed by atoms with van der Waals surface area (Å²) in [7, 11) is 0. The lowest BCUT2D eigenvalue weighted by Gasteiger charge is -2.32. The molecular formula is C26H29N3O4. The van der Waals surface area contributed by atoms with Crippen molar-refractivity contribution in [3.05, 3.63) is 70.8 Å². The Bertz CT molecular complexity index is 1030. The summed E-state index contributed by atoms with van der Waals surface area (Å²) in [6, 6.07) is 14.4. The Morgan fingerprint density at radius 1 is 0.939 bits per heavy atom. The van der Waals surface area contributed by atoms with Gasteiger partial charge in [0.05, 0.1) is 11.1 Å². The smallest absolute Gasteiger partial charge is 0.261 e. The minimum Gasteiger partial charge on any atom is -0.353 e. The molecule has 0 aromatic heterocycles. The van der Waals surface area contributed by atoms with Crippen molar-refractivity contribution in [3.8, 4) is 0 Å². The van der Waals surface area contributed by atoms with Gasteiger partial charge in [-0.05, 0) is 48.6 Å². The number of piperidine rings is 1. The van der Waals surface area contributed by atoms with Gasteiger partial charge in [0.25, 0.3) is 17.7 Å². The number of amides is 4.